The van der Waals surface area contributed by atoms with E-state index in [1.54, 1.807) is 11.0 Å². The van der Waals surface area contributed by atoms with Crippen LogP contribution in [0.25, 0.3) is 11.1 Å². The highest BCUT2D eigenvalue weighted by Gasteiger charge is 2.27. The van der Waals surface area contributed by atoms with E-state index in [0.29, 0.717) is 35.8 Å². The Kier molecular flexibility index (Phi) is 5.75. The summed E-state index contributed by atoms with van der Waals surface area (Å²) in [6.45, 7) is 1.12. The van der Waals surface area contributed by atoms with E-state index in [4.69, 9.17) is 10.5 Å². The van der Waals surface area contributed by atoms with Gasteiger partial charge in [0, 0.05) is 36.8 Å². The van der Waals surface area contributed by atoms with Crippen molar-refractivity contribution < 1.29 is 18.3 Å². The number of nitrogens with zero attached hydrogens (tertiary/aromatic N) is 4. The van der Waals surface area contributed by atoms with Gasteiger partial charge in [0.25, 0.3) is 5.91 Å². The lowest BCUT2D eigenvalue weighted by atomic mass is 9.93. The zero-order valence-electron chi connectivity index (χ0n) is 16.9. The molecule has 3 heterocycles. The lowest BCUT2D eigenvalue weighted by Gasteiger charge is -2.31. The highest BCUT2D eigenvalue weighted by molar-refractivity contribution is 5.93. The van der Waals surface area contributed by atoms with E-state index >= 15 is 0 Å². The number of halogens is 2. The molecule has 7 nitrogen and oxygen atoms in total. The lowest BCUT2D eigenvalue weighted by Crippen LogP contribution is -2.38. The van der Waals surface area contributed by atoms with Crippen molar-refractivity contribution in [2.45, 2.75) is 18.8 Å². The van der Waals surface area contributed by atoms with E-state index < -0.39 is 11.6 Å². The summed E-state index contributed by atoms with van der Waals surface area (Å²) in [5, 5.41) is 8.04. The summed E-state index contributed by atoms with van der Waals surface area (Å²) in [6, 6.07) is 8.67. The predicted octanol–water partition coefficient (Wildman–Crippen LogP) is 3.43. The van der Waals surface area contributed by atoms with Crippen LogP contribution in [-0.2, 0) is 0 Å². The molecule has 0 spiro atoms. The van der Waals surface area contributed by atoms with Crippen molar-refractivity contribution in [2.75, 3.05) is 25.9 Å². The third kappa shape index (κ3) is 4.30. The number of rotatable bonds is 4. The molecule has 1 saturated heterocycles. The lowest BCUT2D eigenvalue weighted by molar-refractivity contribution is 0.0705. The fraction of sp³-hybridized carbons (Fsp3) is 0.273. The van der Waals surface area contributed by atoms with Gasteiger partial charge in [0.2, 0.25) is 0 Å². The maximum Gasteiger partial charge on any atom is 0.272 e. The fourth-order valence-corrected chi connectivity index (χ4v) is 3.71. The summed E-state index contributed by atoms with van der Waals surface area (Å²) in [4.78, 5) is 18.9. The highest BCUT2D eigenvalue weighted by atomic mass is 19.2. The van der Waals surface area contributed by atoms with Crippen LogP contribution in [0.2, 0.25) is 0 Å². The van der Waals surface area contributed by atoms with Crippen molar-refractivity contribution in [1.29, 1.82) is 0 Å². The second kappa shape index (κ2) is 8.63. The van der Waals surface area contributed by atoms with Gasteiger partial charge in [-0.3, -0.25) is 9.78 Å². The number of benzene rings is 1. The number of aromatic nitrogens is 3. The number of carbonyl (C=O) groups excluding carboxylic acids is 1. The van der Waals surface area contributed by atoms with Crippen molar-refractivity contribution >= 4 is 11.7 Å². The van der Waals surface area contributed by atoms with Gasteiger partial charge in [-0.15, -0.1) is 5.10 Å². The van der Waals surface area contributed by atoms with Gasteiger partial charge in [0.15, 0.2) is 11.6 Å². The molecule has 1 fully saturated rings. The van der Waals surface area contributed by atoms with E-state index in [2.05, 4.69) is 15.2 Å². The number of pyridine rings is 1. The number of piperidine rings is 1. The van der Waals surface area contributed by atoms with Crippen LogP contribution >= 0.6 is 0 Å². The minimum absolute atomic E-state index is 0.211. The van der Waals surface area contributed by atoms with E-state index in [0.717, 1.165) is 30.7 Å². The van der Waals surface area contributed by atoms with Crippen LogP contribution in [0.3, 0.4) is 0 Å². The number of carbonyl (C=O) groups is 1. The van der Waals surface area contributed by atoms with Crippen LogP contribution in [0.15, 0.2) is 42.6 Å². The molecule has 2 N–H and O–H groups in total. The molecule has 0 aliphatic carbocycles. The van der Waals surface area contributed by atoms with Crippen LogP contribution in [0, 0.1) is 11.6 Å². The average molecular weight is 425 g/mol. The molecule has 0 unspecified atom stereocenters. The number of anilines is 1. The molecule has 0 saturated carbocycles. The zero-order chi connectivity index (χ0) is 22.0. The number of amides is 1. The van der Waals surface area contributed by atoms with Crippen molar-refractivity contribution in [3.63, 3.8) is 0 Å². The van der Waals surface area contributed by atoms with Crippen molar-refractivity contribution in [3.8, 4) is 16.9 Å². The van der Waals surface area contributed by atoms with Gasteiger partial charge < -0.3 is 15.4 Å². The first-order chi connectivity index (χ1) is 15.0. The summed E-state index contributed by atoms with van der Waals surface area (Å²) in [7, 11) is 1.45. The van der Waals surface area contributed by atoms with Crippen LogP contribution in [0.5, 0.6) is 5.75 Å². The molecule has 3 aromatic rings. The van der Waals surface area contributed by atoms with Gasteiger partial charge in [-0.25, -0.2) is 8.78 Å². The summed E-state index contributed by atoms with van der Waals surface area (Å²) in [6.07, 6.45) is 2.96. The minimum Gasteiger partial charge on any atom is -0.496 e. The van der Waals surface area contributed by atoms with Crippen LogP contribution in [0.4, 0.5) is 14.6 Å². The first kappa shape index (κ1) is 20.6. The SMILES string of the molecule is COc1cc(C(=O)N2CCC(c3ccc(N)nn3)CC2)ncc1-c1ccc(F)c(F)c1. The fourth-order valence-electron chi connectivity index (χ4n) is 3.71. The number of hydrogen-bond donors (Lipinski definition) is 1. The Bertz CT molecular complexity index is 1100. The van der Waals surface area contributed by atoms with Crippen molar-refractivity contribution in [3.05, 3.63) is 65.6 Å². The largest absolute Gasteiger partial charge is 0.496 e. The maximum absolute atomic E-state index is 13.6. The van der Waals surface area contributed by atoms with Crippen LogP contribution < -0.4 is 10.5 Å². The monoisotopic (exact) mass is 425 g/mol. The molecule has 1 amide bonds. The molecular weight excluding hydrogens is 404 g/mol. The minimum atomic E-state index is -0.964. The Labute approximate surface area is 177 Å². The van der Waals surface area contributed by atoms with E-state index in [1.807, 2.05) is 6.07 Å². The molecular formula is C22H21F2N5O2. The summed E-state index contributed by atoms with van der Waals surface area (Å²) in [5.74, 6) is -1.16. The molecule has 0 bridgehead atoms. The number of hydrogen-bond acceptors (Lipinski definition) is 6. The molecule has 2 aromatic heterocycles. The summed E-state index contributed by atoms with van der Waals surface area (Å²) < 4.78 is 32.2. The van der Waals surface area contributed by atoms with E-state index in [1.165, 1.54) is 25.4 Å². The van der Waals surface area contributed by atoms with Gasteiger partial charge in [-0.2, -0.15) is 5.10 Å². The third-order valence-corrected chi connectivity index (χ3v) is 5.44. The molecule has 0 atom stereocenters. The highest BCUT2D eigenvalue weighted by Crippen LogP contribution is 2.32. The second-order valence-corrected chi connectivity index (χ2v) is 7.35. The Hall–Kier alpha value is -3.62. The standard InChI is InChI=1S/C22H21F2N5O2/c1-31-20-11-19(26-12-15(20)14-2-3-16(23)17(24)10-14)22(30)29-8-6-13(7-9-29)18-4-5-21(25)28-27-18/h2-5,10-13H,6-9H2,1H3,(H2,25,28). The Balaban J connectivity index is 1.49. The molecule has 9 heteroatoms. The number of ether oxygens (including phenoxy) is 1. The van der Waals surface area contributed by atoms with E-state index in [-0.39, 0.29) is 17.5 Å². The normalized spacial score (nSPS) is 14.5. The van der Waals surface area contributed by atoms with Crippen molar-refractivity contribution in [2.24, 2.45) is 0 Å². The van der Waals surface area contributed by atoms with Gasteiger partial charge in [-0.05, 0) is 42.7 Å². The summed E-state index contributed by atoms with van der Waals surface area (Å²) in [5.41, 5.74) is 7.57. The second-order valence-electron chi connectivity index (χ2n) is 7.35. The van der Waals surface area contributed by atoms with Crippen LogP contribution in [0.1, 0.15) is 34.9 Å². The Morgan fingerprint density at radius 3 is 2.52 bits per heavy atom. The Morgan fingerprint density at radius 2 is 1.87 bits per heavy atom. The number of methoxy groups -OCH3 is 1. The molecule has 160 valence electrons. The van der Waals surface area contributed by atoms with Crippen LogP contribution in [-0.4, -0.2) is 46.2 Å². The molecule has 31 heavy (non-hydrogen) atoms. The maximum atomic E-state index is 13.6. The summed E-state index contributed by atoms with van der Waals surface area (Å²) >= 11 is 0. The molecule has 1 aromatic carbocycles. The van der Waals surface area contributed by atoms with Gasteiger partial charge in [-0.1, -0.05) is 6.07 Å². The number of nitrogens with two attached hydrogens (primary N) is 1. The third-order valence-electron chi connectivity index (χ3n) is 5.44. The predicted molar refractivity (Wildman–Crippen MR) is 110 cm³/mol. The number of likely N-dealkylation sites (tertiary alicyclic amines) is 1. The molecule has 1 aliphatic heterocycles. The van der Waals surface area contributed by atoms with E-state index in [9.17, 15) is 13.6 Å². The average Bonchev–Trinajstić information content (AvgIpc) is 2.80. The van der Waals surface area contributed by atoms with Gasteiger partial charge >= 0.3 is 0 Å². The first-order valence-electron chi connectivity index (χ1n) is 9.84. The topological polar surface area (TPSA) is 94.2 Å². The zero-order valence-corrected chi connectivity index (χ0v) is 16.9. The van der Waals surface area contributed by atoms with Crippen molar-refractivity contribution in [1.82, 2.24) is 20.1 Å². The quantitative estimate of drug-likeness (QED) is 0.688. The van der Waals surface area contributed by atoms with Gasteiger partial charge in [0.05, 0.1) is 12.8 Å². The molecule has 4 rings (SSSR count). The van der Waals surface area contributed by atoms with Gasteiger partial charge in [0.1, 0.15) is 17.3 Å². The first-order valence-corrected chi connectivity index (χ1v) is 9.84. The molecule has 1 aliphatic rings. The molecule has 0 radical (unpaired) electrons. The number of nitrogen functional groups attached to an aromatic ring is 1. The smallest absolute Gasteiger partial charge is 0.272 e. The Morgan fingerprint density at radius 1 is 1.10 bits per heavy atom.